The van der Waals surface area contributed by atoms with Crippen LogP contribution in [0.5, 0.6) is 0 Å². The lowest BCUT2D eigenvalue weighted by atomic mass is 10.2. The molecule has 0 radical (unpaired) electrons. The molecule has 0 aliphatic rings. The predicted octanol–water partition coefficient (Wildman–Crippen LogP) is 1.92. The van der Waals surface area contributed by atoms with E-state index in [4.69, 9.17) is 9.47 Å². The molecule has 0 heterocycles. The Morgan fingerprint density at radius 3 is 2.44 bits per heavy atom. The Morgan fingerprint density at radius 1 is 1.25 bits per heavy atom. The summed E-state index contributed by atoms with van der Waals surface area (Å²) >= 11 is 0. The van der Waals surface area contributed by atoms with Crippen molar-refractivity contribution in [3.63, 3.8) is 0 Å². The zero-order valence-corrected chi connectivity index (χ0v) is 8.88. The van der Waals surface area contributed by atoms with Crippen LogP contribution in [-0.4, -0.2) is 18.2 Å². The number of hydrogen-bond donors (Lipinski definition) is 0. The van der Waals surface area contributed by atoms with E-state index in [-0.39, 0.29) is 0 Å². The lowest BCUT2D eigenvalue weighted by Crippen LogP contribution is -2.20. The standard InChI is InChI=1S/C12H12O4/c1-3-11(13)15-9(2)16-12(14)10-7-5-4-6-8-10/h3-9H,1H2,2H3. The molecule has 4 heteroatoms. The van der Waals surface area contributed by atoms with Crippen molar-refractivity contribution in [1.29, 1.82) is 0 Å². The van der Waals surface area contributed by atoms with Gasteiger partial charge in [-0.2, -0.15) is 0 Å². The summed E-state index contributed by atoms with van der Waals surface area (Å²) < 4.78 is 9.57. The molecule has 0 aliphatic carbocycles. The highest BCUT2D eigenvalue weighted by Gasteiger charge is 2.13. The van der Waals surface area contributed by atoms with E-state index in [1.165, 1.54) is 6.92 Å². The molecule has 1 aromatic carbocycles. The fraction of sp³-hybridized carbons (Fsp3) is 0.167. The molecule has 0 spiro atoms. The highest BCUT2D eigenvalue weighted by Crippen LogP contribution is 2.04. The summed E-state index contributed by atoms with van der Waals surface area (Å²) in [7, 11) is 0. The van der Waals surface area contributed by atoms with Gasteiger partial charge in [0.15, 0.2) is 0 Å². The molecule has 1 unspecified atom stereocenters. The van der Waals surface area contributed by atoms with Crippen molar-refractivity contribution in [3.8, 4) is 0 Å². The monoisotopic (exact) mass is 220 g/mol. The number of hydrogen-bond acceptors (Lipinski definition) is 4. The van der Waals surface area contributed by atoms with Crippen LogP contribution in [0.15, 0.2) is 43.0 Å². The van der Waals surface area contributed by atoms with Crippen LogP contribution in [0.4, 0.5) is 0 Å². The van der Waals surface area contributed by atoms with E-state index in [0.717, 1.165) is 6.08 Å². The predicted molar refractivity (Wildman–Crippen MR) is 57.6 cm³/mol. The van der Waals surface area contributed by atoms with E-state index < -0.39 is 18.2 Å². The van der Waals surface area contributed by atoms with E-state index in [1.54, 1.807) is 30.3 Å². The van der Waals surface area contributed by atoms with Crippen LogP contribution < -0.4 is 0 Å². The lowest BCUT2D eigenvalue weighted by molar-refractivity contribution is -0.159. The molecule has 0 amide bonds. The van der Waals surface area contributed by atoms with Gasteiger partial charge in [0.2, 0.25) is 6.29 Å². The van der Waals surface area contributed by atoms with Crippen LogP contribution in [0, 0.1) is 0 Å². The van der Waals surface area contributed by atoms with Crippen molar-refractivity contribution in [2.75, 3.05) is 0 Å². The van der Waals surface area contributed by atoms with Gasteiger partial charge in [0.1, 0.15) is 0 Å². The van der Waals surface area contributed by atoms with Crippen LogP contribution >= 0.6 is 0 Å². The van der Waals surface area contributed by atoms with Gasteiger partial charge in [-0.3, -0.25) is 0 Å². The third-order valence-corrected chi connectivity index (χ3v) is 1.73. The average Bonchev–Trinajstić information content (AvgIpc) is 2.29. The molecule has 0 N–H and O–H groups in total. The molecule has 0 bridgehead atoms. The van der Waals surface area contributed by atoms with Crippen molar-refractivity contribution < 1.29 is 19.1 Å². The van der Waals surface area contributed by atoms with E-state index in [1.807, 2.05) is 0 Å². The number of rotatable bonds is 4. The summed E-state index contributed by atoms with van der Waals surface area (Å²) in [6.45, 7) is 4.70. The van der Waals surface area contributed by atoms with Crippen molar-refractivity contribution in [3.05, 3.63) is 48.6 Å². The molecular weight excluding hydrogens is 208 g/mol. The minimum absolute atomic E-state index is 0.406. The minimum atomic E-state index is -0.932. The highest BCUT2D eigenvalue weighted by molar-refractivity contribution is 5.89. The molecule has 0 saturated heterocycles. The number of ether oxygens (including phenoxy) is 2. The van der Waals surface area contributed by atoms with Gasteiger partial charge in [-0.25, -0.2) is 9.59 Å². The molecule has 84 valence electrons. The molecule has 0 fully saturated rings. The fourth-order valence-electron chi connectivity index (χ4n) is 1.03. The Labute approximate surface area is 93.5 Å². The summed E-state index contributed by atoms with van der Waals surface area (Å²) in [5, 5.41) is 0. The van der Waals surface area contributed by atoms with Crippen molar-refractivity contribution >= 4 is 11.9 Å². The maximum atomic E-state index is 11.5. The van der Waals surface area contributed by atoms with Crippen LogP contribution in [0.2, 0.25) is 0 Å². The summed E-state index contributed by atoms with van der Waals surface area (Å²) in [6.07, 6.45) is 0.0746. The van der Waals surface area contributed by atoms with Gasteiger partial charge >= 0.3 is 11.9 Å². The van der Waals surface area contributed by atoms with Crippen LogP contribution in [0.25, 0.3) is 0 Å². The average molecular weight is 220 g/mol. The van der Waals surface area contributed by atoms with Gasteiger partial charge < -0.3 is 9.47 Å². The maximum Gasteiger partial charge on any atom is 0.341 e. The Balaban J connectivity index is 2.52. The van der Waals surface area contributed by atoms with Gasteiger partial charge in [-0.05, 0) is 12.1 Å². The largest absolute Gasteiger partial charge is 0.422 e. The van der Waals surface area contributed by atoms with Gasteiger partial charge in [-0.15, -0.1) is 0 Å². The van der Waals surface area contributed by atoms with Crippen molar-refractivity contribution in [2.45, 2.75) is 13.2 Å². The molecular formula is C12H12O4. The smallest absolute Gasteiger partial charge is 0.341 e. The molecule has 0 aromatic heterocycles. The van der Waals surface area contributed by atoms with Crippen molar-refractivity contribution in [2.24, 2.45) is 0 Å². The van der Waals surface area contributed by atoms with E-state index in [0.29, 0.717) is 5.56 Å². The molecule has 16 heavy (non-hydrogen) atoms. The number of benzene rings is 1. The van der Waals surface area contributed by atoms with Crippen molar-refractivity contribution in [1.82, 2.24) is 0 Å². The van der Waals surface area contributed by atoms with Crippen LogP contribution in [0.1, 0.15) is 17.3 Å². The SMILES string of the molecule is C=CC(=O)OC(C)OC(=O)c1ccccc1. The summed E-state index contributed by atoms with van der Waals surface area (Å²) in [5.74, 6) is -1.17. The lowest BCUT2D eigenvalue weighted by Gasteiger charge is -2.12. The van der Waals surface area contributed by atoms with Crippen LogP contribution in [-0.2, 0) is 14.3 Å². The Kier molecular flexibility index (Phi) is 4.27. The van der Waals surface area contributed by atoms with E-state index in [2.05, 4.69) is 6.58 Å². The first kappa shape index (κ1) is 12.0. The Morgan fingerprint density at radius 2 is 1.88 bits per heavy atom. The first-order valence-corrected chi connectivity index (χ1v) is 4.72. The normalized spacial score (nSPS) is 11.3. The quantitative estimate of drug-likeness (QED) is 0.442. The highest BCUT2D eigenvalue weighted by atomic mass is 16.7. The molecule has 1 aromatic rings. The van der Waals surface area contributed by atoms with E-state index >= 15 is 0 Å². The fourth-order valence-corrected chi connectivity index (χ4v) is 1.03. The summed E-state index contributed by atoms with van der Waals surface area (Å²) in [4.78, 5) is 22.3. The summed E-state index contributed by atoms with van der Waals surface area (Å²) in [6, 6.07) is 8.46. The zero-order chi connectivity index (χ0) is 12.0. The van der Waals surface area contributed by atoms with Crippen LogP contribution in [0.3, 0.4) is 0 Å². The Hall–Kier alpha value is -2.10. The third kappa shape index (κ3) is 3.57. The molecule has 0 saturated carbocycles. The minimum Gasteiger partial charge on any atom is -0.422 e. The molecule has 4 nitrogen and oxygen atoms in total. The molecule has 0 aliphatic heterocycles. The first-order valence-electron chi connectivity index (χ1n) is 4.72. The van der Waals surface area contributed by atoms with Gasteiger partial charge in [-0.1, -0.05) is 24.8 Å². The number of esters is 2. The first-order chi connectivity index (χ1) is 7.63. The van der Waals surface area contributed by atoms with Gasteiger partial charge in [0.25, 0.3) is 0 Å². The molecule has 1 rings (SSSR count). The van der Waals surface area contributed by atoms with Gasteiger partial charge in [0, 0.05) is 13.0 Å². The second-order valence-corrected chi connectivity index (χ2v) is 2.98. The summed E-state index contributed by atoms with van der Waals surface area (Å²) in [5.41, 5.74) is 0.406. The second kappa shape index (κ2) is 5.70. The Bertz CT molecular complexity index is 383. The number of carbonyl (C=O) groups is 2. The van der Waals surface area contributed by atoms with Gasteiger partial charge in [0.05, 0.1) is 5.56 Å². The maximum absolute atomic E-state index is 11.5. The second-order valence-electron chi connectivity index (χ2n) is 2.98. The third-order valence-electron chi connectivity index (χ3n) is 1.73. The van der Waals surface area contributed by atoms with E-state index in [9.17, 15) is 9.59 Å². The number of carbonyl (C=O) groups excluding carboxylic acids is 2. The topological polar surface area (TPSA) is 52.6 Å². The molecule has 1 atom stereocenters. The zero-order valence-electron chi connectivity index (χ0n) is 8.88.